The summed E-state index contributed by atoms with van der Waals surface area (Å²) in [6.07, 6.45) is 0. The molecule has 1 aromatic heterocycles. The van der Waals surface area contributed by atoms with Crippen molar-refractivity contribution in [3.63, 3.8) is 0 Å². The number of nitrogens with one attached hydrogen (secondary N) is 1. The number of anilines is 2. The molecule has 0 unspecified atom stereocenters. The number of hydrogen-bond donors (Lipinski definition) is 1. The van der Waals surface area contributed by atoms with Gasteiger partial charge in [0.25, 0.3) is 0 Å². The zero-order chi connectivity index (χ0) is 10.8. The van der Waals surface area contributed by atoms with Gasteiger partial charge in [-0.2, -0.15) is 0 Å². The molecule has 0 aliphatic heterocycles. The van der Waals surface area contributed by atoms with E-state index in [9.17, 15) is 0 Å². The Balaban J connectivity index is 2.24. The van der Waals surface area contributed by atoms with Crippen LogP contribution in [0.5, 0.6) is 0 Å². The topological polar surface area (TPSA) is 24.9 Å². The van der Waals surface area contributed by atoms with E-state index < -0.39 is 0 Å². The quantitative estimate of drug-likeness (QED) is 0.858. The van der Waals surface area contributed by atoms with Gasteiger partial charge in [0.1, 0.15) is 5.15 Å². The van der Waals surface area contributed by atoms with Crippen LogP contribution in [-0.4, -0.2) is 4.98 Å². The third kappa shape index (κ3) is 2.62. The van der Waals surface area contributed by atoms with Gasteiger partial charge in [0.15, 0.2) is 5.13 Å². The molecular weight excluding hydrogens is 251 g/mol. The lowest BCUT2D eigenvalue weighted by Crippen LogP contribution is -1.90. The number of thiazole rings is 1. The van der Waals surface area contributed by atoms with Crippen molar-refractivity contribution in [1.29, 1.82) is 0 Å². The fourth-order valence-corrected chi connectivity index (χ4v) is 2.28. The Morgan fingerprint density at radius 2 is 2.13 bits per heavy atom. The van der Waals surface area contributed by atoms with Crippen LogP contribution in [0.15, 0.2) is 23.6 Å². The summed E-state index contributed by atoms with van der Waals surface area (Å²) in [6.45, 7) is 2.00. The minimum atomic E-state index is 0.491. The maximum Gasteiger partial charge on any atom is 0.188 e. The molecule has 0 spiro atoms. The van der Waals surface area contributed by atoms with Gasteiger partial charge < -0.3 is 5.32 Å². The molecule has 0 fully saturated rings. The number of aromatic nitrogens is 1. The van der Waals surface area contributed by atoms with E-state index in [0.717, 1.165) is 16.4 Å². The summed E-state index contributed by atoms with van der Waals surface area (Å²) in [5.74, 6) is 0. The van der Waals surface area contributed by atoms with Gasteiger partial charge in [0.05, 0.1) is 10.7 Å². The highest BCUT2D eigenvalue weighted by molar-refractivity contribution is 7.14. The normalized spacial score (nSPS) is 10.3. The van der Waals surface area contributed by atoms with E-state index in [0.29, 0.717) is 10.2 Å². The smallest absolute Gasteiger partial charge is 0.188 e. The molecule has 78 valence electrons. The van der Waals surface area contributed by atoms with Gasteiger partial charge in [-0.05, 0) is 24.6 Å². The van der Waals surface area contributed by atoms with Crippen LogP contribution in [0.4, 0.5) is 10.8 Å². The van der Waals surface area contributed by atoms with Gasteiger partial charge in [-0.1, -0.05) is 29.3 Å². The molecular formula is C10H8Cl2N2S. The molecule has 2 rings (SSSR count). The van der Waals surface area contributed by atoms with E-state index in [1.165, 1.54) is 11.3 Å². The molecule has 0 bridgehead atoms. The summed E-state index contributed by atoms with van der Waals surface area (Å²) in [4.78, 5) is 4.08. The van der Waals surface area contributed by atoms with Crippen LogP contribution < -0.4 is 5.32 Å². The fourth-order valence-electron chi connectivity index (χ4n) is 1.15. The van der Waals surface area contributed by atoms with Gasteiger partial charge in [0, 0.05) is 5.38 Å². The zero-order valence-corrected chi connectivity index (χ0v) is 10.2. The Bertz CT molecular complexity index is 482. The van der Waals surface area contributed by atoms with Crippen molar-refractivity contribution >= 4 is 45.4 Å². The first kappa shape index (κ1) is 10.7. The molecule has 0 aliphatic rings. The average molecular weight is 259 g/mol. The van der Waals surface area contributed by atoms with Crippen LogP contribution in [0.3, 0.4) is 0 Å². The number of rotatable bonds is 2. The summed E-state index contributed by atoms with van der Waals surface area (Å²) in [5, 5.41) is 6.80. The van der Waals surface area contributed by atoms with Gasteiger partial charge in [0.2, 0.25) is 0 Å². The second-order valence-corrected chi connectivity index (χ2v) is 4.74. The van der Waals surface area contributed by atoms with Crippen molar-refractivity contribution < 1.29 is 0 Å². The number of halogens is 2. The summed E-state index contributed by atoms with van der Waals surface area (Å²) in [5.41, 5.74) is 1.97. The highest BCUT2D eigenvalue weighted by Crippen LogP contribution is 2.28. The lowest BCUT2D eigenvalue weighted by molar-refractivity contribution is 1.38. The standard InChI is InChI=1S/C10H8Cl2N2S/c1-6-2-3-8(7(11)4-6)13-10-14-9(12)5-15-10/h2-5H,1H3,(H,13,14). The summed E-state index contributed by atoms with van der Waals surface area (Å²) in [7, 11) is 0. The molecule has 15 heavy (non-hydrogen) atoms. The third-order valence-corrected chi connectivity index (χ3v) is 3.24. The van der Waals surface area contributed by atoms with Gasteiger partial charge >= 0.3 is 0 Å². The number of nitrogens with zero attached hydrogens (tertiary/aromatic N) is 1. The third-order valence-electron chi connectivity index (χ3n) is 1.84. The van der Waals surface area contributed by atoms with Crippen LogP contribution in [0.25, 0.3) is 0 Å². The van der Waals surface area contributed by atoms with Crippen LogP contribution in [0.1, 0.15) is 5.56 Å². The predicted octanol–water partition coefficient (Wildman–Crippen LogP) is 4.50. The Hall–Kier alpha value is -0.770. The zero-order valence-electron chi connectivity index (χ0n) is 7.92. The lowest BCUT2D eigenvalue weighted by Gasteiger charge is -2.05. The van der Waals surface area contributed by atoms with Crippen LogP contribution >= 0.6 is 34.5 Å². The molecule has 0 amide bonds. The summed E-state index contributed by atoms with van der Waals surface area (Å²) < 4.78 is 0. The van der Waals surface area contributed by atoms with E-state index in [-0.39, 0.29) is 0 Å². The minimum absolute atomic E-state index is 0.491. The molecule has 0 radical (unpaired) electrons. The van der Waals surface area contributed by atoms with Crippen molar-refractivity contribution in [3.8, 4) is 0 Å². The monoisotopic (exact) mass is 258 g/mol. The Morgan fingerprint density at radius 1 is 1.33 bits per heavy atom. The van der Waals surface area contributed by atoms with Crippen molar-refractivity contribution in [2.75, 3.05) is 5.32 Å². The lowest BCUT2D eigenvalue weighted by atomic mass is 10.2. The van der Waals surface area contributed by atoms with Gasteiger partial charge in [-0.25, -0.2) is 4.98 Å². The molecule has 2 aromatic rings. The molecule has 5 heteroatoms. The molecule has 1 aromatic carbocycles. The van der Waals surface area contributed by atoms with Crippen molar-refractivity contribution in [2.45, 2.75) is 6.92 Å². The Morgan fingerprint density at radius 3 is 2.73 bits per heavy atom. The van der Waals surface area contributed by atoms with E-state index in [2.05, 4.69) is 10.3 Å². The molecule has 0 aliphatic carbocycles. The second kappa shape index (κ2) is 4.39. The highest BCUT2D eigenvalue weighted by atomic mass is 35.5. The van der Waals surface area contributed by atoms with E-state index in [4.69, 9.17) is 23.2 Å². The molecule has 2 nitrogen and oxygen atoms in total. The molecule has 1 heterocycles. The molecule has 0 saturated heterocycles. The van der Waals surface area contributed by atoms with Gasteiger partial charge in [-0.15, -0.1) is 11.3 Å². The summed E-state index contributed by atoms with van der Waals surface area (Å²) in [6, 6.07) is 5.81. The van der Waals surface area contributed by atoms with Crippen molar-refractivity contribution in [3.05, 3.63) is 39.3 Å². The van der Waals surface area contributed by atoms with E-state index >= 15 is 0 Å². The van der Waals surface area contributed by atoms with Crippen molar-refractivity contribution in [2.24, 2.45) is 0 Å². The first-order chi connectivity index (χ1) is 7.15. The minimum Gasteiger partial charge on any atom is -0.330 e. The Labute approximate surface area is 102 Å². The summed E-state index contributed by atoms with van der Waals surface area (Å²) >= 11 is 13.2. The highest BCUT2D eigenvalue weighted by Gasteiger charge is 2.03. The number of hydrogen-bond acceptors (Lipinski definition) is 3. The number of aryl methyl sites for hydroxylation is 1. The van der Waals surface area contributed by atoms with Crippen molar-refractivity contribution in [1.82, 2.24) is 4.98 Å². The largest absolute Gasteiger partial charge is 0.330 e. The second-order valence-electron chi connectivity index (χ2n) is 3.08. The first-order valence-electron chi connectivity index (χ1n) is 4.29. The Kier molecular flexibility index (Phi) is 3.14. The SMILES string of the molecule is Cc1ccc(Nc2nc(Cl)cs2)c(Cl)c1. The first-order valence-corrected chi connectivity index (χ1v) is 5.93. The predicted molar refractivity (Wildman–Crippen MR) is 66.6 cm³/mol. The maximum atomic E-state index is 6.07. The van der Waals surface area contributed by atoms with Crippen LogP contribution in [-0.2, 0) is 0 Å². The fraction of sp³-hybridized carbons (Fsp3) is 0.100. The molecule has 0 saturated carbocycles. The number of benzene rings is 1. The van der Waals surface area contributed by atoms with E-state index in [1.54, 1.807) is 5.38 Å². The average Bonchev–Trinajstić information content (AvgIpc) is 2.56. The van der Waals surface area contributed by atoms with E-state index in [1.807, 2.05) is 25.1 Å². The maximum absolute atomic E-state index is 6.07. The van der Waals surface area contributed by atoms with Crippen LogP contribution in [0.2, 0.25) is 10.2 Å². The molecule has 0 atom stereocenters. The molecule has 1 N–H and O–H groups in total. The van der Waals surface area contributed by atoms with Crippen LogP contribution in [0, 0.1) is 6.92 Å². The van der Waals surface area contributed by atoms with Gasteiger partial charge in [-0.3, -0.25) is 0 Å².